The summed E-state index contributed by atoms with van der Waals surface area (Å²) in [5.74, 6) is 1.45. The molecular weight excluding hydrogens is 322 g/mol. The van der Waals surface area contributed by atoms with E-state index in [4.69, 9.17) is 9.40 Å². The minimum Gasteiger partial charge on any atom is -0.467 e. The maximum Gasteiger partial charge on any atom is 0.264 e. The lowest BCUT2D eigenvalue weighted by Gasteiger charge is -2.17. The van der Waals surface area contributed by atoms with Gasteiger partial charge in [-0.3, -0.25) is 9.36 Å². The summed E-state index contributed by atoms with van der Waals surface area (Å²) in [5, 5.41) is 4.11. The normalized spacial score (nSPS) is 14.3. The Morgan fingerprint density at radius 3 is 2.96 bits per heavy atom. The van der Waals surface area contributed by atoms with Crippen LogP contribution in [0.15, 0.2) is 27.6 Å². The standard InChI is InChI=1S/C18H21N3O2S/c1-11(2)21-17(22)15-13-7-3-4-8-14(13)24-16(15)20-18(21)19-10-12-6-5-9-23-12/h5-6,9,11H,3-4,7-8,10H2,1-2H3,(H,19,20). The van der Waals surface area contributed by atoms with Crippen LogP contribution in [0.1, 0.15) is 48.9 Å². The van der Waals surface area contributed by atoms with Crippen molar-refractivity contribution in [2.24, 2.45) is 0 Å². The highest BCUT2D eigenvalue weighted by molar-refractivity contribution is 7.18. The Labute approximate surface area is 144 Å². The third-order valence-corrected chi connectivity index (χ3v) is 5.72. The number of nitrogens with one attached hydrogen (secondary N) is 1. The van der Waals surface area contributed by atoms with Crippen LogP contribution in [0.5, 0.6) is 0 Å². The average Bonchev–Trinajstić information content (AvgIpc) is 3.19. The molecule has 6 heteroatoms. The van der Waals surface area contributed by atoms with E-state index in [1.807, 2.05) is 26.0 Å². The Morgan fingerprint density at radius 2 is 2.21 bits per heavy atom. The van der Waals surface area contributed by atoms with Crippen molar-refractivity contribution in [3.05, 3.63) is 45.0 Å². The zero-order chi connectivity index (χ0) is 16.7. The van der Waals surface area contributed by atoms with Crippen LogP contribution in [0, 0.1) is 0 Å². The minimum absolute atomic E-state index is 0.0487. The van der Waals surface area contributed by atoms with Crippen LogP contribution >= 0.6 is 11.3 Å². The van der Waals surface area contributed by atoms with E-state index in [1.54, 1.807) is 22.2 Å². The molecule has 3 heterocycles. The summed E-state index contributed by atoms with van der Waals surface area (Å²) in [7, 11) is 0. The second-order valence-corrected chi connectivity index (χ2v) is 7.61. The maximum atomic E-state index is 13.2. The lowest BCUT2D eigenvalue weighted by Crippen LogP contribution is -2.26. The first-order chi connectivity index (χ1) is 11.6. The maximum absolute atomic E-state index is 13.2. The topological polar surface area (TPSA) is 60.1 Å². The summed E-state index contributed by atoms with van der Waals surface area (Å²) in [6.07, 6.45) is 6.10. The van der Waals surface area contributed by atoms with Crippen LogP contribution in [0.4, 0.5) is 5.95 Å². The molecule has 1 N–H and O–H groups in total. The Morgan fingerprint density at radius 1 is 1.38 bits per heavy atom. The Balaban J connectivity index is 1.83. The number of rotatable bonds is 4. The second kappa shape index (κ2) is 6.09. The minimum atomic E-state index is 0.0487. The van der Waals surface area contributed by atoms with E-state index < -0.39 is 0 Å². The van der Waals surface area contributed by atoms with Crippen molar-refractivity contribution in [2.45, 2.75) is 52.1 Å². The Bertz CT molecular complexity index is 922. The molecule has 0 fully saturated rings. The van der Waals surface area contributed by atoms with Crippen molar-refractivity contribution in [1.82, 2.24) is 9.55 Å². The molecule has 3 aromatic heterocycles. The molecule has 0 unspecified atom stereocenters. The van der Waals surface area contributed by atoms with Crippen LogP contribution in [0.2, 0.25) is 0 Å². The molecule has 1 aliphatic carbocycles. The van der Waals surface area contributed by atoms with Gasteiger partial charge in [0.2, 0.25) is 5.95 Å². The van der Waals surface area contributed by atoms with Gasteiger partial charge in [-0.05, 0) is 57.2 Å². The zero-order valence-corrected chi connectivity index (χ0v) is 14.8. The number of hydrogen-bond donors (Lipinski definition) is 1. The van der Waals surface area contributed by atoms with Crippen molar-refractivity contribution in [2.75, 3.05) is 5.32 Å². The number of aryl methyl sites for hydroxylation is 2. The Kier molecular flexibility index (Phi) is 3.92. The highest BCUT2D eigenvalue weighted by Crippen LogP contribution is 2.34. The first-order valence-electron chi connectivity index (χ1n) is 8.48. The Hall–Kier alpha value is -2.08. The van der Waals surface area contributed by atoms with Gasteiger partial charge in [0.15, 0.2) is 0 Å². The molecule has 0 saturated carbocycles. The molecule has 0 spiro atoms. The SMILES string of the molecule is CC(C)n1c(NCc2ccco2)nc2sc3c(c2c1=O)CCCC3. The summed E-state index contributed by atoms with van der Waals surface area (Å²) >= 11 is 1.68. The van der Waals surface area contributed by atoms with Crippen molar-refractivity contribution >= 4 is 27.5 Å². The summed E-state index contributed by atoms with van der Waals surface area (Å²) < 4.78 is 7.14. The highest BCUT2D eigenvalue weighted by Gasteiger charge is 2.22. The van der Waals surface area contributed by atoms with Gasteiger partial charge in [-0.2, -0.15) is 0 Å². The third-order valence-electron chi connectivity index (χ3n) is 4.54. The molecule has 3 aromatic rings. The quantitative estimate of drug-likeness (QED) is 0.774. The third kappa shape index (κ3) is 2.55. The van der Waals surface area contributed by atoms with Gasteiger partial charge in [-0.1, -0.05) is 0 Å². The van der Waals surface area contributed by atoms with Gasteiger partial charge in [-0.15, -0.1) is 11.3 Å². The molecule has 0 amide bonds. The second-order valence-electron chi connectivity index (χ2n) is 6.53. The number of aromatic nitrogens is 2. The lowest BCUT2D eigenvalue weighted by molar-refractivity contribution is 0.514. The number of hydrogen-bond acceptors (Lipinski definition) is 5. The molecule has 126 valence electrons. The molecule has 24 heavy (non-hydrogen) atoms. The van der Waals surface area contributed by atoms with E-state index in [2.05, 4.69) is 5.32 Å². The van der Waals surface area contributed by atoms with E-state index in [9.17, 15) is 4.79 Å². The number of nitrogens with zero attached hydrogens (tertiary/aromatic N) is 2. The fourth-order valence-corrected chi connectivity index (χ4v) is 4.65. The van der Waals surface area contributed by atoms with E-state index in [0.29, 0.717) is 12.5 Å². The number of fused-ring (bicyclic) bond motifs is 3. The summed E-state index contributed by atoms with van der Waals surface area (Å²) in [4.78, 5) is 20.2. The first-order valence-corrected chi connectivity index (χ1v) is 9.30. The van der Waals surface area contributed by atoms with E-state index in [1.165, 1.54) is 23.3 Å². The van der Waals surface area contributed by atoms with Crippen molar-refractivity contribution in [3.8, 4) is 0 Å². The molecule has 4 rings (SSSR count). The van der Waals surface area contributed by atoms with Crippen molar-refractivity contribution < 1.29 is 4.42 Å². The predicted molar refractivity (Wildman–Crippen MR) is 96.9 cm³/mol. The number of anilines is 1. The monoisotopic (exact) mass is 343 g/mol. The molecule has 0 radical (unpaired) electrons. The molecule has 5 nitrogen and oxygen atoms in total. The van der Waals surface area contributed by atoms with Crippen molar-refractivity contribution in [3.63, 3.8) is 0 Å². The van der Waals surface area contributed by atoms with Gasteiger partial charge >= 0.3 is 0 Å². The van der Waals surface area contributed by atoms with E-state index >= 15 is 0 Å². The zero-order valence-electron chi connectivity index (χ0n) is 14.0. The smallest absolute Gasteiger partial charge is 0.264 e. The number of thiophene rings is 1. The molecule has 0 aliphatic heterocycles. The van der Waals surface area contributed by atoms with Gasteiger partial charge in [0.05, 0.1) is 18.2 Å². The lowest BCUT2D eigenvalue weighted by atomic mass is 9.97. The fraction of sp³-hybridized carbons (Fsp3) is 0.444. The van der Waals surface area contributed by atoms with E-state index in [0.717, 1.165) is 28.8 Å². The van der Waals surface area contributed by atoms with Crippen LogP contribution < -0.4 is 10.9 Å². The molecule has 1 aliphatic rings. The summed E-state index contributed by atoms with van der Waals surface area (Å²) in [6.45, 7) is 4.56. The van der Waals surface area contributed by atoms with Gasteiger partial charge in [0.25, 0.3) is 5.56 Å². The van der Waals surface area contributed by atoms with Gasteiger partial charge in [-0.25, -0.2) is 4.98 Å². The average molecular weight is 343 g/mol. The molecule has 0 saturated heterocycles. The molecule has 0 atom stereocenters. The predicted octanol–water partition coefficient (Wildman–Crippen LogP) is 4.12. The van der Waals surface area contributed by atoms with Crippen LogP contribution in [0.25, 0.3) is 10.2 Å². The summed E-state index contributed by atoms with van der Waals surface area (Å²) in [6, 6.07) is 3.82. The first kappa shape index (κ1) is 15.4. The largest absolute Gasteiger partial charge is 0.467 e. The van der Waals surface area contributed by atoms with Gasteiger partial charge < -0.3 is 9.73 Å². The molecule has 0 bridgehead atoms. The highest BCUT2D eigenvalue weighted by atomic mass is 32.1. The molecule has 0 aromatic carbocycles. The van der Waals surface area contributed by atoms with Gasteiger partial charge in [0.1, 0.15) is 10.6 Å². The van der Waals surface area contributed by atoms with Crippen LogP contribution in [-0.4, -0.2) is 9.55 Å². The van der Waals surface area contributed by atoms with E-state index in [-0.39, 0.29) is 11.6 Å². The summed E-state index contributed by atoms with van der Waals surface area (Å²) in [5.41, 5.74) is 1.32. The van der Waals surface area contributed by atoms with Gasteiger partial charge in [0, 0.05) is 10.9 Å². The number of furan rings is 1. The van der Waals surface area contributed by atoms with Crippen LogP contribution in [0.3, 0.4) is 0 Å². The molecular formula is C18H21N3O2S. The van der Waals surface area contributed by atoms with Crippen LogP contribution in [-0.2, 0) is 19.4 Å². The fourth-order valence-electron chi connectivity index (χ4n) is 3.40. The van der Waals surface area contributed by atoms with Crippen molar-refractivity contribution in [1.29, 1.82) is 0 Å².